The monoisotopic (exact) mass is 242 g/mol. The Hall–Kier alpha value is -2.62. The molecule has 0 aliphatic carbocycles. The van der Waals surface area contributed by atoms with Crippen molar-refractivity contribution in [1.82, 2.24) is 0 Å². The smallest absolute Gasteiger partial charge is 0.338 e. The summed E-state index contributed by atoms with van der Waals surface area (Å²) in [6.45, 7) is 0. The van der Waals surface area contributed by atoms with Gasteiger partial charge in [-0.1, -0.05) is 30.3 Å². The van der Waals surface area contributed by atoms with E-state index in [2.05, 4.69) is 4.74 Å². The zero-order chi connectivity index (χ0) is 13.0. The van der Waals surface area contributed by atoms with Gasteiger partial charge in [0.15, 0.2) is 0 Å². The maximum Gasteiger partial charge on any atom is 0.338 e. The highest BCUT2D eigenvalue weighted by molar-refractivity contribution is 6.04. The molecule has 0 bridgehead atoms. The highest BCUT2D eigenvalue weighted by Crippen LogP contribution is 2.18. The van der Waals surface area contributed by atoms with Crippen LogP contribution in [0.15, 0.2) is 54.6 Å². The number of carbonyl (C=O) groups is 2. The number of fused-ring (bicyclic) bond motifs is 1. The third-order valence-electron chi connectivity index (χ3n) is 2.29. The Morgan fingerprint density at radius 1 is 0.833 bits per heavy atom. The summed E-state index contributed by atoms with van der Waals surface area (Å²) in [6, 6.07) is 13.3. The summed E-state index contributed by atoms with van der Waals surface area (Å²) in [5.41, 5.74) is 0. The lowest BCUT2D eigenvalue weighted by molar-refractivity contribution is -0.150. The summed E-state index contributed by atoms with van der Waals surface area (Å²) in [5.74, 6) is -0.835. The summed E-state index contributed by atoms with van der Waals surface area (Å²) in [7, 11) is 0. The molecule has 1 N–H and O–H groups in total. The van der Waals surface area contributed by atoms with Gasteiger partial charge in [-0.05, 0) is 22.9 Å². The van der Waals surface area contributed by atoms with Crippen LogP contribution in [0.1, 0.15) is 0 Å². The fraction of sp³-hybridized carbons (Fsp3) is 0. The van der Waals surface area contributed by atoms with E-state index in [9.17, 15) is 9.59 Å². The second-order valence-electron chi connectivity index (χ2n) is 3.60. The van der Waals surface area contributed by atoms with Gasteiger partial charge in [-0.15, -0.1) is 0 Å². The Balaban J connectivity index is 0.000000149. The molecule has 2 aromatic carbocycles. The Labute approximate surface area is 103 Å². The minimum Gasteiger partial charge on any atom is -0.508 e. The highest BCUT2D eigenvalue weighted by Gasteiger charge is 2.10. The van der Waals surface area contributed by atoms with Crippen molar-refractivity contribution >= 4 is 22.7 Å². The second-order valence-corrected chi connectivity index (χ2v) is 3.60. The van der Waals surface area contributed by atoms with Gasteiger partial charge in [0.05, 0.1) is 0 Å². The van der Waals surface area contributed by atoms with Crippen LogP contribution >= 0.6 is 0 Å². The molecule has 0 saturated carbocycles. The first-order valence-corrected chi connectivity index (χ1v) is 5.27. The van der Waals surface area contributed by atoms with Crippen LogP contribution in [0.5, 0.6) is 5.75 Å². The topological polar surface area (TPSA) is 63.6 Å². The molecule has 4 heteroatoms. The Kier molecular flexibility index (Phi) is 3.38. The Morgan fingerprint density at radius 2 is 1.44 bits per heavy atom. The lowest BCUT2D eigenvalue weighted by Gasteiger charge is -1.96. The number of aromatic hydroxyl groups is 1. The average Bonchev–Trinajstić information content (AvgIpc) is 2.74. The molecule has 0 unspecified atom stereocenters. The maximum absolute atomic E-state index is 9.92. The molecular weight excluding hydrogens is 232 g/mol. The quantitative estimate of drug-likeness (QED) is 0.568. The van der Waals surface area contributed by atoms with Gasteiger partial charge in [-0.25, -0.2) is 9.59 Å². The van der Waals surface area contributed by atoms with Crippen LogP contribution in [0.3, 0.4) is 0 Å². The number of rotatable bonds is 0. The number of carbonyl (C=O) groups excluding carboxylic acids is 2. The van der Waals surface area contributed by atoms with Gasteiger partial charge in [0, 0.05) is 12.2 Å². The van der Waals surface area contributed by atoms with Crippen molar-refractivity contribution in [2.45, 2.75) is 0 Å². The van der Waals surface area contributed by atoms with Crippen molar-refractivity contribution in [3.63, 3.8) is 0 Å². The van der Waals surface area contributed by atoms with Gasteiger partial charge in [-0.3, -0.25) is 0 Å². The minimum atomic E-state index is -0.579. The number of phenolic OH excluding ortho intramolecular Hbond substituents is 1. The normalized spacial score (nSPS) is 13.1. The molecular formula is C14H10O4. The maximum atomic E-state index is 9.92. The van der Waals surface area contributed by atoms with E-state index in [0.29, 0.717) is 5.75 Å². The first-order valence-electron chi connectivity index (χ1n) is 5.27. The molecule has 0 aromatic heterocycles. The number of hydrogen-bond donors (Lipinski definition) is 1. The first kappa shape index (κ1) is 11.9. The Morgan fingerprint density at radius 3 is 2.00 bits per heavy atom. The average molecular weight is 242 g/mol. The molecule has 1 aliphatic rings. The molecule has 0 amide bonds. The zero-order valence-electron chi connectivity index (χ0n) is 9.37. The number of cyclic esters (lactones) is 2. The molecule has 0 spiro atoms. The standard InChI is InChI=1S/C10H8O.C4H2O3/c11-10-6-5-8-3-1-2-4-9(8)7-10;5-3-1-2-4(6)7-3/h1-7,11H;1-2H. The van der Waals surface area contributed by atoms with Crippen LogP contribution in [0.25, 0.3) is 10.8 Å². The van der Waals surface area contributed by atoms with Gasteiger partial charge in [0.25, 0.3) is 0 Å². The predicted octanol–water partition coefficient (Wildman–Crippen LogP) is 2.17. The van der Waals surface area contributed by atoms with Gasteiger partial charge >= 0.3 is 11.9 Å². The lowest BCUT2D eigenvalue weighted by atomic mass is 10.1. The van der Waals surface area contributed by atoms with E-state index in [1.807, 2.05) is 30.3 Å². The van der Waals surface area contributed by atoms with Crippen LogP contribution in [0.2, 0.25) is 0 Å². The summed E-state index contributed by atoms with van der Waals surface area (Å²) in [4.78, 5) is 19.8. The van der Waals surface area contributed by atoms with Crippen LogP contribution in [0.4, 0.5) is 0 Å². The molecule has 0 radical (unpaired) electrons. The Bertz CT molecular complexity index is 612. The van der Waals surface area contributed by atoms with Crippen molar-refractivity contribution in [2.24, 2.45) is 0 Å². The van der Waals surface area contributed by atoms with Crippen molar-refractivity contribution in [3.8, 4) is 5.75 Å². The van der Waals surface area contributed by atoms with Crippen molar-refractivity contribution in [2.75, 3.05) is 0 Å². The number of benzene rings is 2. The third-order valence-corrected chi connectivity index (χ3v) is 2.29. The highest BCUT2D eigenvalue weighted by atomic mass is 16.6. The van der Waals surface area contributed by atoms with Gasteiger partial charge in [0.1, 0.15) is 5.75 Å². The fourth-order valence-electron chi connectivity index (χ4n) is 1.48. The molecule has 1 heterocycles. The fourth-order valence-corrected chi connectivity index (χ4v) is 1.48. The first-order chi connectivity index (χ1) is 8.65. The van der Waals surface area contributed by atoms with Crippen LogP contribution in [-0.2, 0) is 14.3 Å². The number of ether oxygens (including phenoxy) is 1. The van der Waals surface area contributed by atoms with E-state index >= 15 is 0 Å². The largest absolute Gasteiger partial charge is 0.508 e. The van der Waals surface area contributed by atoms with Crippen molar-refractivity contribution in [1.29, 1.82) is 0 Å². The molecule has 0 atom stereocenters. The molecule has 18 heavy (non-hydrogen) atoms. The van der Waals surface area contributed by atoms with Crippen molar-refractivity contribution < 1.29 is 19.4 Å². The third kappa shape index (κ3) is 2.95. The molecule has 3 rings (SSSR count). The zero-order valence-corrected chi connectivity index (χ0v) is 9.37. The molecule has 0 fully saturated rings. The molecule has 1 aliphatic heterocycles. The van der Waals surface area contributed by atoms with Gasteiger partial charge in [0.2, 0.25) is 0 Å². The van der Waals surface area contributed by atoms with E-state index in [1.54, 1.807) is 12.1 Å². The molecule has 90 valence electrons. The van der Waals surface area contributed by atoms with Gasteiger partial charge < -0.3 is 9.84 Å². The minimum absolute atomic E-state index is 0.323. The molecule has 4 nitrogen and oxygen atoms in total. The summed E-state index contributed by atoms with van der Waals surface area (Å²) in [6.07, 6.45) is 2.17. The van der Waals surface area contributed by atoms with Crippen LogP contribution in [0, 0.1) is 0 Å². The predicted molar refractivity (Wildman–Crippen MR) is 65.9 cm³/mol. The summed E-state index contributed by atoms with van der Waals surface area (Å²) in [5, 5.41) is 11.4. The number of phenols is 1. The summed E-state index contributed by atoms with van der Waals surface area (Å²) >= 11 is 0. The van der Waals surface area contributed by atoms with E-state index < -0.39 is 11.9 Å². The number of hydrogen-bond acceptors (Lipinski definition) is 4. The summed E-state index contributed by atoms with van der Waals surface area (Å²) < 4.78 is 3.97. The van der Waals surface area contributed by atoms with Crippen LogP contribution in [-0.4, -0.2) is 17.0 Å². The SMILES string of the molecule is O=C1C=CC(=O)O1.Oc1ccc2ccccc2c1. The van der Waals surface area contributed by atoms with E-state index in [1.165, 1.54) is 0 Å². The second kappa shape index (κ2) is 5.14. The lowest BCUT2D eigenvalue weighted by Crippen LogP contribution is -1.96. The van der Waals surface area contributed by atoms with Crippen LogP contribution < -0.4 is 0 Å². The van der Waals surface area contributed by atoms with Crippen molar-refractivity contribution in [3.05, 3.63) is 54.6 Å². The molecule has 2 aromatic rings. The van der Waals surface area contributed by atoms with E-state index in [0.717, 1.165) is 22.9 Å². The van der Waals surface area contributed by atoms with E-state index in [4.69, 9.17) is 5.11 Å². The van der Waals surface area contributed by atoms with Gasteiger partial charge in [-0.2, -0.15) is 0 Å². The van der Waals surface area contributed by atoms with E-state index in [-0.39, 0.29) is 0 Å². The number of esters is 2. The molecule has 0 saturated heterocycles.